The topological polar surface area (TPSA) is 57.7 Å². The number of rotatable bonds is 2. The van der Waals surface area contributed by atoms with Gasteiger partial charge in [0.25, 0.3) is 0 Å². The van der Waals surface area contributed by atoms with Crippen LogP contribution in [0.3, 0.4) is 0 Å². The number of anilines is 1. The molecule has 5 heteroatoms. The van der Waals surface area contributed by atoms with Crippen LogP contribution in [0.2, 0.25) is 0 Å². The van der Waals surface area contributed by atoms with Crippen LogP contribution in [-0.2, 0) is 0 Å². The van der Waals surface area contributed by atoms with Crippen molar-refractivity contribution in [3.05, 3.63) is 36.8 Å². The molecule has 5 nitrogen and oxygen atoms in total. The van der Waals surface area contributed by atoms with E-state index in [1.54, 1.807) is 12.4 Å². The maximum Gasteiger partial charge on any atom is 0.225 e. The number of H-pyrrole nitrogens is 1. The van der Waals surface area contributed by atoms with Crippen molar-refractivity contribution in [1.29, 1.82) is 0 Å². The maximum absolute atomic E-state index is 4.53. The van der Waals surface area contributed by atoms with Crippen molar-refractivity contribution in [2.45, 2.75) is 0 Å². The molecule has 3 aromatic heterocycles. The van der Waals surface area contributed by atoms with Crippen LogP contribution in [0, 0.1) is 0 Å². The molecule has 0 bridgehead atoms. The first-order valence-electron chi connectivity index (χ1n) is 5.68. The maximum atomic E-state index is 4.53. The lowest BCUT2D eigenvalue weighted by Gasteiger charge is -2.10. The van der Waals surface area contributed by atoms with E-state index in [1.807, 2.05) is 43.4 Å². The molecule has 0 fully saturated rings. The number of nitrogens with one attached hydrogen (secondary N) is 1. The van der Waals surface area contributed by atoms with Crippen molar-refractivity contribution in [3.63, 3.8) is 0 Å². The van der Waals surface area contributed by atoms with E-state index < -0.39 is 0 Å². The van der Waals surface area contributed by atoms with Crippen LogP contribution in [0.25, 0.3) is 22.3 Å². The first-order valence-corrected chi connectivity index (χ1v) is 5.68. The summed E-state index contributed by atoms with van der Waals surface area (Å²) in [5, 5.41) is 1.07. The molecule has 1 N–H and O–H groups in total. The Kier molecular flexibility index (Phi) is 2.44. The van der Waals surface area contributed by atoms with Gasteiger partial charge in [0.1, 0.15) is 5.65 Å². The van der Waals surface area contributed by atoms with E-state index in [4.69, 9.17) is 0 Å². The van der Waals surface area contributed by atoms with Gasteiger partial charge in [-0.2, -0.15) is 0 Å². The normalized spacial score (nSPS) is 10.8. The largest absolute Gasteiger partial charge is 0.347 e. The minimum Gasteiger partial charge on any atom is -0.347 e. The first-order chi connectivity index (χ1) is 8.75. The molecule has 18 heavy (non-hydrogen) atoms. The summed E-state index contributed by atoms with van der Waals surface area (Å²) < 4.78 is 0. The summed E-state index contributed by atoms with van der Waals surface area (Å²) >= 11 is 0. The lowest BCUT2D eigenvalue weighted by molar-refractivity contribution is 1.00. The number of aromatic nitrogens is 4. The van der Waals surface area contributed by atoms with Crippen molar-refractivity contribution in [2.24, 2.45) is 0 Å². The van der Waals surface area contributed by atoms with Crippen LogP contribution in [0.15, 0.2) is 36.8 Å². The van der Waals surface area contributed by atoms with Gasteiger partial charge in [0.05, 0.1) is 5.69 Å². The number of aromatic amines is 1. The van der Waals surface area contributed by atoms with E-state index in [9.17, 15) is 0 Å². The molecule has 0 saturated carbocycles. The molecule has 0 radical (unpaired) electrons. The second-order valence-corrected chi connectivity index (χ2v) is 4.24. The Hall–Kier alpha value is -2.43. The van der Waals surface area contributed by atoms with Crippen molar-refractivity contribution < 1.29 is 0 Å². The summed E-state index contributed by atoms with van der Waals surface area (Å²) in [6, 6.07) is 5.86. The monoisotopic (exact) mass is 239 g/mol. The number of pyridine rings is 1. The van der Waals surface area contributed by atoms with Crippen molar-refractivity contribution in [2.75, 3.05) is 19.0 Å². The lowest BCUT2D eigenvalue weighted by atomic mass is 10.1. The summed E-state index contributed by atoms with van der Waals surface area (Å²) in [5.41, 5.74) is 2.81. The second-order valence-electron chi connectivity index (χ2n) is 4.24. The standard InChI is InChI=1S/C13H13N5/c1-18(2)13-15-7-5-11(17-13)10-8-16-12-9(10)4-3-6-14-12/h3-8H,1-2H3,(H,14,16). The third-order valence-electron chi connectivity index (χ3n) is 2.77. The number of fused-ring (bicyclic) bond motifs is 1. The molecular weight excluding hydrogens is 226 g/mol. The quantitative estimate of drug-likeness (QED) is 0.744. The Morgan fingerprint density at radius 2 is 2.00 bits per heavy atom. The molecule has 0 unspecified atom stereocenters. The Labute approximate surface area is 105 Å². The fourth-order valence-electron chi connectivity index (χ4n) is 1.88. The number of hydrogen-bond acceptors (Lipinski definition) is 4. The Balaban J connectivity index is 2.17. The van der Waals surface area contributed by atoms with E-state index in [-0.39, 0.29) is 0 Å². The molecule has 3 rings (SSSR count). The molecule has 3 heterocycles. The van der Waals surface area contributed by atoms with Gasteiger partial charge in [-0.3, -0.25) is 0 Å². The van der Waals surface area contributed by atoms with E-state index in [1.165, 1.54) is 0 Å². The molecule has 0 aliphatic rings. The summed E-state index contributed by atoms with van der Waals surface area (Å²) in [5.74, 6) is 0.700. The Morgan fingerprint density at radius 1 is 1.11 bits per heavy atom. The van der Waals surface area contributed by atoms with Crippen LogP contribution in [0.5, 0.6) is 0 Å². The lowest BCUT2D eigenvalue weighted by Crippen LogP contribution is -2.12. The molecule has 0 aromatic carbocycles. The number of hydrogen-bond donors (Lipinski definition) is 1. The van der Waals surface area contributed by atoms with Gasteiger partial charge in [0, 0.05) is 43.6 Å². The van der Waals surface area contributed by atoms with Gasteiger partial charge in [-0.1, -0.05) is 0 Å². The van der Waals surface area contributed by atoms with Gasteiger partial charge < -0.3 is 9.88 Å². The zero-order valence-electron chi connectivity index (χ0n) is 10.3. The second kappa shape index (κ2) is 4.10. The SMILES string of the molecule is CN(C)c1nccc(-c2c[nH]c3ncccc23)n1. The molecular formula is C13H13N5. The minimum absolute atomic E-state index is 0.700. The molecule has 3 aromatic rings. The molecule has 0 aliphatic carbocycles. The fourth-order valence-corrected chi connectivity index (χ4v) is 1.88. The first kappa shape index (κ1) is 10.7. The smallest absolute Gasteiger partial charge is 0.225 e. The fraction of sp³-hybridized carbons (Fsp3) is 0.154. The van der Waals surface area contributed by atoms with Gasteiger partial charge in [-0.25, -0.2) is 15.0 Å². The highest BCUT2D eigenvalue weighted by Gasteiger charge is 2.09. The third kappa shape index (κ3) is 1.69. The van der Waals surface area contributed by atoms with E-state index in [2.05, 4.69) is 19.9 Å². The van der Waals surface area contributed by atoms with Gasteiger partial charge in [0.2, 0.25) is 5.95 Å². The molecule has 0 amide bonds. The van der Waals surface area contributed by atoms with Crippen LogP contribution in [0.1, 0.15) is 0 Å². The average Bonchev–Trinajstić information content (AvgIpc) is 2.82. The minimum atomic E-state index is 0.700. The molecule has 0 saturated heterocycles. The van der Waals surface area contributed by atoms with E-state index in [0.29, 0.717) is 5.95 Å². The van der Waals surface area contributed by atoms with E-state index >= 15 is 0 Å². The highest BCUT2D eigenvalue weighted by atomic mass is 15.2. The summed E-state index contributed by atoms with van der Waals surface area (Å²) in [6.07, 6.45) is 5.47. The number of nitrogens with zero attached hydrogens (tertiary/aromatic N) is 4. The van der Waals surface area contributed by atoms with Crippen molar-refractivity contribution in [1.82, 2.24) is 19.9 Å². The molecule has 90 valence electrons. The molecule has 0 atom stereocenters. The summed E-state index contributed by atoms with van der Waals surface area (Å²) in [6.45, 7) is 0. The highest BCUT2D eigenvalue weighted by Crippen LogP contribution is 2.26. The van der Waals surface area contributed by atoms with Gasteiger partial charge in [-0.05, 0) is 18.2 Å². The van der Waals surface area contributed by atoms with Crippen LogP contribution in [0.4, 0.5) is 5.95 Å². The third-order valence-corrected chi connectivity index (χ3v) is 2.77. The zero-order chi connectivity index (χ0) is 12.5. The predicted octanol–water partition coefficient (Wildman–Crippen LogP) is 2.09. The van der Waals surface area contributed by atoms with Crippen LogP contribution < -0.4 is 4.90 Å². The highest BCUT2D eigenvalue weighted by molar-refractivity contribution is 5.92. The molecule has 0 spiro atoms. The van der Waals surface area contributed by atoms with Gasteiger partial charge in [0.15, 0.2) is 0 Å². The Morgan fingerprint density at radius 3 is 2.83 bits per heavy atom. The van der Waals surface area contributed by atoms with Crippen LogP contribution in [-0.4, -0.2) is 34.0 Å². The molecule has 0 aliphatic heterocycles. The van der Waals surface area contributed by atoms with Crippen molar-refractivity contribution >= 4 is 17.0 Å². The predicted molar refractivity (Wildman–Crippen MR) is 71.4 cm³/mol. The van der Waals surface area contributed by atoms with Crippen LogP contribution >= 0.6 is 0 Å². The average molecular weight is 239 g/mol. The zero-order valence-corrected chi connectivity index (χ0v) is 10.3. The summed E-state index contributed by atoms with van der Waals surface area (Å²) in [4.78, 5) is 18.1. The summed E-state index contributed by atoms with van der Waals surface area (Å²) in [7, 11) is 3.85. The van der Waals surface area contributed by atoms with Crippen molar-refractivity contribution in [3.8, 4) is 11.3 Å². The Bertz CT molecular complexity index is 686. The van der Waals surface area contributed by atoms with E-state index in [0.717, 1.165) is 22.3 Å². The van der Waals surface area contributed by atoms with Gasteiger partial charge in [-0.15, -0.1) is 0 Å². The van der Waals surface area contributed by atoms with Gasteiger partial charge >= 0.3 is 0 Å².